The average Bonchev–Trinajstić information content (AvgIpc) is 3.34. The fourth-order valence-corrected chi connectivity index (χ4v) is 8.81. The summed E-state index contributed by atoms with van der Waals surface area (Å²) in [7, 11) is 0. The smallest absolute Gasteiger partial charge is 0.306 e. The first-order chi connectivity index (χ1) is 34.0. The topological polar surface area (TPSA) is 95.9 Å². The van der Waals surface area contributed by atoms with E-state index in [1.807, 2.05) is 0 Å². The van der Waals surface area contributed by atoms with Crippen LogP contribution in [0.3, 0.4) is 0 Å². The molecule has 0 aliphatic rings. The average molecular weight is 965 g/mol. The number of carbonyl (C=O) groups is 2. The Labute approximate surface area is 428 Å². The molecule has 1 amide bonds. The van der Waals surface area contributed by atoms with Gasteiger partial charge in [-0.2, -0.15) is 0 Å². The lowest BCUT2D eigenvalue weighted by Crippen LogP contribution is -2.46. The van der Waals surface area contributed by atoms with Gasteiger partial charge in [-0.1, -0.05) is 261 Å². The summed E-state index contributed by atoms with van der Waals surface area (Å²) in [4.78, 5) is 26.3. The molecule has 400 valence electrons. The zero-order valence-electron chi connectivity index (χ0n) is 45.7. The molecule has 0 aromatic heterocycles. The maximum atomic E-state index is 13.3. The molecule has 0 fully saturated rings. The number of aliphatic hydroxyl groups excluding tert-OH is 2. The van der Waals surface area contributed by atoms with Gasteiger partial charge in [-0.3, -0.25) is 9.59 Å². The van der Waals surface area contributed by atoms with Gasteiger partial charge >= 0.3 is 5.97 Å². The number of nitrogens with one attached hydrogen (secondary N) is 1. The third-order valence-electron chi connectivity index (χ3n) is 13.3. The highest BCUT2D eigenvalue weighted by Gasteiger charge is 2.24. The molecule has 0 saturated heterocycles. The Morgan fingerprint density at radius 1 is 0.435 bits per heavy atom. The zero-order valence-corrected chi connectivity index (χ0v) is 45.7. The molecule has 6 nitrogen and oxygen atoms in total. The van der Waals surface area contributed by atoms with Crippen LogP contribution in [0.1, 0.15) is 290 Å². The van der Waals surface area contributed by atoms with Crippen LogP contribution in [0.25, 0.3) is 0 Å². The molecule has 0 heterocycles. The van der Waals surface area contributed by atoms with Crippen molar-refractivity contribution < 1.29 is 24.5 Å². The van der Waals surface area contributed by atoms with Gasteiger partial charge in [0.15, 0.2) is 0 Å². The Morgan fingerprint density at radius 3 is 1.23 bits per heavy atom. The van der Waals surface area contributed by atoms with E-state index in [0.29, 0.717) is 19.3 Å². The fourth-order valence-electron chi connectivity index (χ4n) is 8.81. The molecule has 0 aliphatic heterocycles. The standard InChI is InChI=1S/C63H113NO5/c1-4-7-10-13-16-19-22-25-28-30-31-33-35-38-41-44-47-50-53-56-63(68)69-59(54-51-48-45-42-39-36-34-32-29-26-23-20-17-14-11-8-5-2)57-62(67)64-60(58-65)61(66)55-52-49-46-43-40-37-27-24-21-18-15-12-9-6-3/h8,11,17,20,25-26,28-29,34,36,42,45,59-61,65-66H,4-7,9-10,12-16,18-19,21-24,27,30-33,35,37-41,43-44,46-58H2,1-3H3,(H,64,67)/b11-8-,20-17-,28-25+,29-26-,36-34-,45-42-. The van der Waals surface area contributed by atoms with Gasteiger partial charge in [-0.15, -0.1) is 0 Å². The van der Waals surface area contributed by atoms with Crippen LogP contribution < -0.4 is 5.32 Å². The minimum Gasteiger partial charge on any atom is -0.462 e. The van der Waals surface area contributed by atoms with Crippen molar-refractivity contribution >= 4 is 11.9 Å². The Kier molecular flexibility index (Phi) is 54.0. The van der Waals surface area contributed by atoms with Crippen LogP contribution in [0.5, 0.6) is 0 Å². The van der Waals surface area contributed by atoms with Crippen molar-refractivity contribution in [2.75, 3.05) is 6.61 Å². The summed E-state index contributed by atoms with van der Waals surface area (Å²) < 4.78 is 5.94. The first-order valence-electron chi connectivity index (χ1n) is 29.7. The van der Waals surface area contributed by atoms with Crippen LogP contribution in [-0.2, 0) is 14.3 Å². The van der Waals surface area contributed by atoms with Gasteiger partial charge in [0, 0.05) is 6.42 Å². The minimum atomic E-state index is -0.806. The SMILES string of the molecule is CC/C=C\C/C=C\C/C=C\C/C=C\C/C=C\CCCC(CC(=O)NC(CO)C(O)CCCCCCCCCCCCCCCC)OC(=O)CCCCCCCCCCC/C=C/CCCCCCCC. The molecule has 0 radical (unpaired) electrons. The van der Waals surface area contributed by atoms with E-state index >= 15 is 0 Å². The predicted octanol–water partition coefficient (Wildman–Crippen LogP) is 18.5. The molecule has 0 spiro atoms. The number of carbonyl (C=O) groups excluding carboxylic acids is 2. The molecule has 0 aliphatic carbocycles. The number of hydrogen-bond donors (Lipinski definition) is 3. The van der Waals surface area contributed by atoms with Gasteiger partial charge in [-0.25, -0.2) is 0 Å². The van der Waals surface area contributed by atoms with Crippen LogP contribution in [0, 0.1) is 0 Å². The van der Waals surface area contributed by atoms with Crippen LogP contribution in [0.2, 0.25) is 0 Å². The molecule has 0 saturated carbocycles. The number of aliphatic hydroxyl groups is 2. The van der Waals surface area contributed by atoms with E-state index in [1.54, 1.807) is 0 Å². The lowest BCUT2D eigenvalue weighted by Gasteiger charge is -2.24. The third kappa shape index (κ3) is 51.5. The first-order valence-corrected chi connectivity index (χ1v) is 29.7. The summed E-state index contributed by atoms with van der Waals surface area (Å²) in [5, 5.41) is 23.9. The largest absolute Gasteiger partial charge is 0.462 e. The number of allylic oxidation sites excluding steroid dienone is 12. The normalized spacial score (nSPS) is 13.6. The van der Waals surface area contributed by atoms with E-state index in [-0.39, 0.29) is 24.9 Å². The van der Waals surface area contributed by atoms with E-state index in [1.165, 1.54) is 161 Å². The molecule has 3 atom stereocenters. The second-order valence-electron chi connectivity index (χ2n) is 20.0. The van der Waals surface area contributed by atoms with Gasteiger partial charge in [0.05, 0.1) is 25.2 Å². The molecule has 3 N–H and O–H groups in total. The van der Waals surface area contributed by atoms with Crippen molar-refractivity contribution in [3.8, 4) is 0 Å². The van der Waals surface area contributed by atoms with Crippen molar-refractivity contribution in [3.05, 3.63) is 72.9 Å². The summed E-state index contributed by atoms with van der Waals surface area (Å²) >= 11 is 0. The molecule has 0 bridgehead atoms. The number of unbranched alkanes of at least 4 members (excludes halogenated alkanes) is 29. The van der Waals surface area contributed by atoms with Crippen LogP contribution in [0.15, 0.2) is 72.9 Å². The fraction of sp³-hybridized carbons (Fsp3) is 0.778. The van der Waals surface area contributed by atoms with Gasteiger partial charge < -0.3 is 20.3 Å². The molecular formula is C63H113NO5. The van der Waals surface area contributed by atoms with E-state index in [2.05, 4.69) is 99.0 Å². The zero-order chi connectivity index (χ0) is 50.2. The van der Waals surface area contributed by atoms with Gasteiger partial charge in [0.25, 0.3) is 0 Å². The predicted molar refractivity (Wildman–Crippen MR) is 301 cm³/mol. The third-order valence-corrected chi connectivity index (χ3v) is 13.3. The Hall–Kier alpha value is -2.70. The van der Waals surface area contributed by atoms with Crippen LogP contribution in [-0.4, -0.2) is 46.9 Å². The number of esters is 1. The van der Waals surface area contributed by atoms with Gasteiger partial charge in [-0.05, 0) is 89.9 Å². The van der Waals surface area contributed by atoms with E-state index < -0.39 is 18.2 Å². The molecule has 0 rings (SSSR count). The maximum absolute atomic E-state index is 13.3. The van der Waals surface area contributed by atoms with E-state index in [0.717, 1.165) is 83.5 Å². The Balaban J connectivity index is 4.64. The number of amides is 1. The Morgan fingerprint density at radius 2 is 0.797 bits per heavy atom. The maximum Gasteiger partial charge on any atom is 0.306 e. The quantitative estimate of drug-likeness (QED) is 0.0321. The summed E-state index contributed by atoms with van der Waals surface area (Å²) in [5.74, 6) is -0.526. The second kappa shape index (κ2) is 56.2. The lowest BCUT2D eigenvalue weighted by molar-refractivity contribution is -0.151. The monoisotopic (exact) mass is 964 g/mol. The highest BCUT2D eigenvalue weighted by Crippen LogP contribution is 2.18. The molecule has 3 unspecified atom stereocenters. The number of hydrogen-bond acceptors (Lipinski definition) is 5. The number of ether oxygens (including phenoxy) is 1. The van der Waals surface area contributed by atoms with Crippen molar-refractivity contribution in [1.82, 2.24) is 5.32 Å². The van der Waals surface area contributed by atoms with Crippen molar-refractivity contribution in [3.63, 3.8) is 0 Å². The summed E-state index contributed by atoms with van der Waals surface area (Å²) in [6.45, 7) is 6.37. The van der Waals surface area contributed by atoms with Crippen molar-refractivity contribution in [1.29, 1.82) is 0 Å². The second-order valence-corrected chi connectivity index (χ2v) is 20.0. The first kappa shape index (κ1) is 66.3. The molecular weight excluding hydrogens is 851 g/mol. The molecule has 0 aromatic carbocycles. The highest BCUT2D eigenvalue weighted by molar-refractivity contribution is 5.77. The molecule has 6 heteroatoms. The van der Waals surface area contributed by atoms with Crippen LogP contribution in [0.4, 0.5) is 0 Å². The molecule has 0 aromatic rings. The summed E-state index contributed by atoms with van der Waals surface area (Å²) in [6, 6.07) is -0.723. The Bertz CT molecular complexity index is 1270. The van der Waals surface area contributed by atoms with Crippen molar-refractivity contribution in [2.24, 2.45) is 0 Å². The molecule has 69 heavy (non-hydrogen) atoms. The minimum absolute atomic E-state index is 0.0367. The summed E-state index contributed by atoms with van der Waals surface area (Å²) in [6.07, 6.45) is 72.6. The lowest BCUT2D eigenvalue weighted by atomic mass is 10.0. The van der Waals surface area contributed by atoms with Gasteiger partial charge in [0.1, 0.15) is 6.10 Å². The number of rotatable bonds is 53. The van der Waals surface area contributed by atoms with E-state index in [9.17, 15) is 19.8 Å². The van der Waals surface area contributed by atoms with Crippen LogP contribution >= 0.6 is 0 Å². The van der Waals surface area contributed by atoms with E-state index in [4.69, 9.17) is 4.74 Å². The summed E-state index contributed by atoms with van der Waals surface area (Å²) in [5.41, 5.74) is 0. The van der Waals surface area contributed by atoms with Crippen molar-refractivity contribution in [2.45, 2.75) is 309 Å². The highest BCUT2D eigenvalue weighted by atomic mass is 16.5. The van der Waals surface area contributed by atoms with Gasteiger partial charge in [0.2, 0.25) is 5.91 Å².